The van der Waals surface area contributed by atoms with Gasteiger partial charge < -0.3 is 9.64 Å². The van der Waals surface area contributed by atoms with E-state index in [-0.39, 0.29) is 11.7 Å². The molecule has 2 aromatic carbocycles. The van der Waals surface area contributed by atoms with Crippen LogP contribution in [0, 0.1) is 5.82 Å². The maximum atomic E-state index is 13.7. The lowest BCUT2D eigenvalue weighted by molar-refractivity contribution is -0.125. The van der Waals surface area contributed by atoms with Gasteiger partial charge in [-0.15, -0.1) is 0 Å². The molecule has 3 nitrogen and oxygen atoms in total. The number of likely N-dealkylation sites (N-methyl/N-ethyl adjacent to an activating group) is 1. The van der Waals surface area contributed by atoms with Gasteiger partial charge in [0.2, 0.25) is 5.91 Å². The summed E-state index contributed by atoms with van der Waals surface area (Å²) in [7, 11) is 3.09. The summed E-state index contributed by atoms with van der Waals surface area (Å²) < 4.78 is 19.5. The number of hydrogen-bond donors (Lipinski definition) is 0. The lowest BCUT2D eigenvalue weighted by Gasteiger charge is -2.15. The number of nitrogens with zero attached hydrogens (tertiary/aromatic N) is 1. The van der Waals surface area contributed by atoms with Crippen LogP contribution in [0.25, 0.3) is 6.08 Å². The third-order valence-electron chi connectivity index (χ3n) is 3.32. The number of halogens is 2. The second-order valence-corrected chi connectivity index (χ2v) is 5.87. The summed E-state index contributed by atoms with van der Waals surface area (Å²) in [6, 6.07) is 12.3. The topological polar surface area (TPSA) is 29.5 Å². The van der Waals surface area contributed by atoms with Crippen LogP contribution in [0.3, 0.4) is 0 Å². The first-order valence-electron chi connectivity index (χ1n) is 7.01. The Balaban J connectivity index is 2.03. The first-order valence-corrected chi connectivity index (χ1v) is 7.80. The zero-order chi connectivity index (χ0) is 16.8. The molecule has 0 unspecified atom stereocenters. The predicted molar refractivity (Wildman–Crippen MR) is 92.6 cm³/mol. The molecule has 0 atom stereocenters. The number of amides is 1. The van der Waals surface area contributed by atoms with Crippen LogP contribution in [0.5, 0.6) is 5.75 Å². The highest BCUT2D eigenvalue weighted by Gasteiger charge is 2.09. The Morgan fingerprint density at radius 2 is 2.04 bits per heavy atom. The standard InChI is InChI=1S/C18H17BrFNO2/c1-21(12-13-7-9-17(23-2)16(20)11-13)18(22)10-8-14-5-3-4-6-15(14)19/h3-11H,12H2,1-2H3/b10-8+. The van der Waals surface area contributed by atoms with E-state index in [1.165, 1.54) is 24.2 Å². The largest absolute Gasteiger partial charge is 0.494 e. The normalized spacial score (nSPS) is 10.8. The third kappa shape index (κ3) is 4.66. The molecule has 0 N–H and O–H groups in total. The number of rotatable bonds is 5. The van der Waals surface area contributed by atoms with E-state index in [1.807, 2.05) is 24.3 Å². The SMILES string of the molecule is COc1ccc(CN(C)C(=O)/C=C/c2ccccc2Br)cc1F. The van der Waals surface area contributed by atoms with E-state index in [2.05, 4.69) is 15.9 Å². The molecule has 0 aromatic heterocycles. The molecule has 0 heterocycles. The minimum atomic E-state index is -0.436. The van der Waals surface area contributed by atoms with Gasteiger partial charge in [-0.25, -0.2) is 4.39 Å². The quantitative estimate of drug-likeness (QED) is 0.728. The molecule has 0 aliphatic rings. The fourth-order valence-electron chi connectivity index (χ4n) is 2.06. The van der Waals surface area contributed by atoms with E-state index in [9.17, 15) is 9.18 Å². The van der Waals surface area contributed by atoms with Crippen LogP contribution in [0.2, 0.25) is 0 Å². The maximum absolute atomic E-state index is 13.7. The number of hydrogen-bond acceptors (Lipinski definition) is 2. The van der Waals surface area contributed by atoms with E-state index in [1.54, 1.807) is 25.3 Å². The van der Waals surface area contributed by atoms with Crippen molar-refractivity contribution in [2.75, 3.05) is 14.2 Å². The Hall–Kier alpha value is -2.14. The molecule has 0 saturated heterocycles. The van der Waals surface area contributed by atoms with E-state index < -0.39 is 5.82 Å². The molecule has 0 saturated carbocycles. The summed E-state index contributed by atoms with van der Waals surface area (Å²) in [5.41, 5.74) is 1.62. The molecule has 0 spiro atoms. The van der Waals surface area contributed by atoms with Gasteiger partial charge in [-0.1, -0.05) is 40.2 Å². The van der Waals surface area contributed by atoms with Crippen molar-refractivity contribution in [3.05, 3.63) is 70.0 Å². The molecule has 0 aliphatic carbocycles. The van der Waals surface area contributed by atoms with Crippen molar-refractivity contribution in [3.8, 4) is 5.75 Å². The second kappa shape index (κ2) is 7.92. The van der Waals surface area contributed by atoms with Crippen LogP contribution in [0.4, 0.5) is 4.39 Å². The van der Waals surface area contributed by atoms with Crippen molar-refractivity contribution in [2.24, 2.45) is 0 Å². The average Bonchev–Trinajstić information content (AvgIpc) is 2.54. The summed E-state index contributed by atoms with van der Waals surface area (Å²) in [5, 5.41) is 0. The van der Waals surface area contributed by atoms with Gasteiger partial charge in [-0.2, -0.15) is 0 Å². The average molecular weight is 378 g/mol. The number of carbonyl (C=O) groups excluding carboxylic acids is 1. The fourth-order valence-corrected chi connectivity index (χ4v) is 2.48. The Kier molecular flexibility index (Phi) is 5.93. The molecule has 23 heavy (non-hydrogen) atoms. The first-order chi connectivity index (χ1) is 11.0. The van der Waals surface area contributed by atoms with E-state index >= 15 is 0 Å². The highest BCUT2D eigenvalue weighted by molar-refractivity contribution is 9.10. The molecule has 0 bridgehead atoms. The number of methoxy groups -OCH3 is 1. The van der Waals surface area contributed by atoms with Crippen LogP contribution >= 0.6 is 15.9 Å². The fraction of sp³-hybridized carbons (Fsp3) is 0.167. The van der Waals surface area contributed by atoms with Gasteiger partial charge in [0.15, 0.2) is 11.6 Å². The van der Waals surface area contributed by atoms with Gasteiger partial charge in [0.05, 0.1) is 7.11 Å². The van der Waals surface area contributed by atoms with Gasteiger partial charge in [-0.3, -0.25) is 4.79 Å². The van der Waals surface area contributed by atoms with Crippen molar-refractivity contribution in [2.45, 2.75) is 6.54 Å². The van der Waals surface area contributed by atoms with Gasteiger partial charge in [-0.05, 0) is 35.4 Å². The maximum Gasteiger partial charge on any atom is 0.246 e. The highest BCUT2D eigenvalue weighted by Crippen LogP contribution is 2.19. The van der Waals surface area contributed by atoms with E-state index in [4.69, 9.17) is 4.74 Å². The second-order valence-electron chi connectivity index (χ2n) is 5.02. The van der Waals surface area contributed by atoms with E-state index in [0.29, 0.717) is 12.1 Å². The van der Waals surface area contributed by atoms with Crippen molar-refractivity contribution in [1.29, 1.82) is 0 Å². The van der Waals surface area contributed by atoms with Crippen molar-refractivity contribution in [3.63, 3.8) is 0 Å². The zero-order valence-corrected chi connectivity index (χ0v) is 14.5. The number of carbonyl (C=O) groups is 1. The molecular formula is C18H17BrFNO2. The Morgan fingerprint density at radius 3 is 2.70 bits per heavy atom. The predicted octanol–water partition coefficient (Wildman–Crippen LogP) is 4.27. The molecule has 120 valence electrons. The van der Waals surface area contributed by atoms with Gasteiger partial charge in [0.1, 0.15) is 0 Å². The summed E-state index contributed by atoms with van der Waals surface area (Å²) in [6.07, 6.45) is 3.25. The van der Waals surface area contributed by atoms with E-state index in [0.717, 1.165) is 10.0 Å². The number of ether oxygens (including phenoxy) is 1. The summed E-state index contributed by atoms with van der Waals surface area (Å²) in [5.74, 6) is -0.400. The Bertz CT molecular complexity index is 731. The molecule has 2 rings (SSSR count). The lowest BCUT2D eigenvalue weighted by atomic mass is 10.2. The molecular weight excluding hydrogens is 361 g/mol. The summed E-state index contributed by atoms with van der Waals surface area (Å²) in [6.45, 7) is 0.319. The van der Waals surface area contributed by atoms with Crippen molar-refractivity contribution >= 4 is 27.9 Å². The molecule has 0 fully saturated rings. The summed E-state index contributed by atoms with van der Waals surface area (Å²) in [4.78, 5) is 13.7. The highest BCUT2D eigenvalue weighted by atomic mass is 79.9. The molecule has 1 amide bonds. The lowest BCUT2D eigenvalue weighted by Crippen LogP contribution is -2.24. The van der Waals surface area contributed by atoms with Gasteiger partial charge in [0, 0.05) is 24.1 Å². The third-order valence-corrected chi connectivity index (χ3v) is 4.05. The molecule has 2 aromatic rings. The van der Waals surface area contributed by atoms with Crippen LogP contribution in [0.15, 0.2) is 53.0 Å². The Labute approximate surface area is 143 Å². The smallest absolute Gasteiger partial charge is 0.246 e. The molecule has 0 radical (unpaired) electrons. The van der Waals surface area contributed by atoms with Gasteiger partial charge >= 0.3 is 0 Å². The van der Waals surface area contributed by atoms with Crippen LogP contribution < -0.4 is 4.74 Å². The zero-order valence-electron chi connectivity index (χ0n) is 12.9. The first kappa shape index (κ1) is 17.2. The number of benzene rings is 2. The molecule has 5 heteroatoms. The Morgan fingerprint density at radius 1 is 1.30 bits per heavy atom. The summed E-state index contributed by atoms with van der Waals surface area (Å²) >= 11 is 3.43. The van der Waals surface area contributed by atoms with Gasteiger partial charge in [0.25, 0.3) is 0 Å². The monoisotopic (exact) mass is 377 g/mol. The molecule has 0 aliphatic heterocycles. The van der Waals surface area contributed by atoms with Crippen molar-refractivity contribution < 1.29 is 13.9 Å². The minimum Gasteiger partial charge on any atom is -0.494 e. The van der Waals surface area contributed by atoms with Crippen LogP contribution in [-0.4, -0.2) is 25.0 Å². The van der Waals surface area contributed by atoms with Crippen molar-refractivity contribution in [1.82, 2.24) is 4.90 Å². The minimum absolute atomic E-state index is 0.156. The van der Waals surface area contributed by atoms with Crippen LogP contribution in [-0.2, 0) is 11.3 Å². The van der Waals surface area contributed by atoms with Crippen LogP contribution in [0.1, 0.15) is 11.1 Å².